The molecule has 1 atom stereocenters. The Labute approximate surface area is 198 Å². The van der Waals surface area contributed by atoms with E-state index in [0.717, 1.165) is 26.8 Å². The Morgan fingerprint density at radius 2 is 1.79 bits per heavy atom. The third kappa shape index (κ3) is 6.10. The first-order valence-corrected chi connectivity index (χ1v) is 11.2. The molecule has 1 aromatic carbocycles. The van der Waals surface area contributed by atoms with Crippen LogP contribution in [-0.4, -0.2) is 45.2 Å². The third-order valence-electron chi connectivity index (χ3n) is 4.97. The number of hydrogen-bond donors (Lipinski definition) is 2. The minimum Gasteiger partial charge on any atom is -0.475 e. The molecule has 4 rings (SSSR count). The molecule has 3 aromatic rings. The number of nitrogens with one attached hydrogen (secondary N) is 1. The maximum atomic E-state index is 12.9. The minimum absolute atomic E-state index is 0.0481. The van der Waals surface area contributed by atoms with E-state index in [2.05, 4.69) is 41.2 Å². The number of carboxylic acids is 1. The van der Waals surface area contributed by atoms with Crippen molar-refractivity contribution in [2.24, 2.45) is 0 Å². The van der Waals surface area contributed by atoms with Crippen LogP contribution < -0.4 is 10.2 Å². The number of alkyl halides is 3. The van der Waals surface area contributed by atoms with Gasteiger partial charge < -0.3 is 15.3 Å². The summed E-state index contributed by atoms with van der Waals surface area (Å²) in [4.78, 5) is 32.8. The summed E-state index contributed by atoms with van der Waals surface area (Å²) in [5.74, 6) is -2.71. The number of aromatic nitrogens is 2. The summed E-state index contributed by atoms with van der Waals surface area (Å²) in [6.07, 6.45) is -0.951. The zero-order chi connectivity index (χ0) is 24.9. The van der Waals surface area contributed by atoms with Crippen LogP contribution in [0.4, 0.5) is 18.2 Å². The lowest BCUT2D eigenvalue weighted by molar-refractivity contribution is -0.192. The van der Waals surface area contributed by atoms with Crippen molar-refractivity contribution in [1.29, 1.82) is 0 Å². The van der Waals surface area contributed by atoms with Crippen LogP contribution in [0.5, 0.6) is 0 Å². The van der Waals surface area contributed by atoms with Crippen molar-refractivity contribution in [1.82, 2.24) is 15.3 Å². The number of carboxylic acid groups (broad SMARTS) is 1. The normalized spacial score (nSPS) is 14.9. The molecule has 11 heteroatoms. The van der Waals surface area contributed by atoms with Gasteiger partial charge in [0.15, 0.2) is 0 Å². The highest BCUT2D eigenvalue weighted by Gasteiger charge is 2.39. The number of aliphatic carboxylic acids is 1. The smallest absolute Gasteiger partial charge is 0.475 e. The lowest BCUT2D eigenvalue weighted by Gasteiger charge is -2.29. The van der Waals surface area contributed by atoms with Gasteiger partial charge in [0, 0.05) is 37.0 Å². The van der Waals surface area contributed by atoms with E-state index in [0.29, 0.717) is 13.0 Å². The minimum atomic E-state index is -5.08. The van der Waals surface area contributed by atoms with Gasteiger partial charge in [-0.25, -0.2) is 9.78 Å². The van der Waals surface area contributed by atoms with Crippen LogP contribution in [-0.2, 0) is 22.6 Å². The molecule has 1 amide bonds. The van der Waals surface area contributed by atoms with Crippen LogP contribution >= 0.6 is 11.3 Å². The first kappa shape index (κ1) is 25.2. The Hall–Kier alpha value is -3.47. The topological polar surface area (TPSA) is 95.4 Å². The number of nitrogens with zero attached hydrogens (tertiary/aromatic N) is 3. The summed E-state index contributed by atoms with van der Waals surface area (Å²) in [6.45, 7) is 4.76. The van der Waals surface area contributed by atoms with Gasteiger partial charge in [-0.15, -0.1) is 0 Å². The van der Waals surface area contributed by atoms with Crippen molar-refractivity contribution >= 4 is 28.2 Å². The van der Waals surface area contributed by atoms with Crippen LogP contribution in [0.2, 0.25) is 0 Å². The number of fused-ring (bicyclic) bond motifs is 1. The molecular weight excluding hydrogens is 469 g/mol. The number of anilines is 1. The molecule has 0 aliphatic carbocycles. The molecule has 1 aliphatic heterocycles. The monoisotopic (exact) mass is 492 g/mol. The molecular formula is C23H23F3N4O3S. The zero-order valence-corrected chi connectivity index (χ0v) is 19.2. The molecule has 180 valence electrons. The number of thiazole rings is 1. The average Bonchev–Trinajstić information content (AvgIpc) is 3.36. The second kappa shape index (κ2) is 10.6. The molecule has 1 aliphatic rings. The molecule has 0 saturated heterocycles. The van der Waals surface area contributed by atoms with Gasteiger partial charge in [-0.2, -0.15) is 13.2 Å². The first-order chi connectivity index (χ1) is 16.1. The maximum absolute atomic E-state index is 12.9. The van der Waals surface area contributed by atoms with Crippen LogP contribution in [0.25, 0.3) is 10.6 Å². The van der Waals surface area contributed by atoms with Gasteiger partial charge in [0.25, 0.3) is 0 Å². The Morgan fingerprint density at radius 1 is 1.18 bits per heavy atom. The van der Waals surface area contributed by atoms with E-state index in [-0.39, 0.29) is 18.0 Å². The lowest BCUT2D eigenvalue weighted by Crippen LogP contribution is -2.48. The molecule has 0 saturated carbocycles. The van der Waals surface area contributed by atoms with Crippen molar-refractivity contribution < 1.29 is 27.9 Å². The molecule has 3 heterocycles. The fraction of sp³-hybridized carbons (Fsp3) is 0.304. The van der Waals surface area contributed by atoms with Crippen molar-refractivity contribution in [2.75, 3.05) is 4.90 Å². The highest BCUT2D eigenvalue weighted by atomic mass is 32.1. The first-order valence-electron chi connectivity index (χ1n) is 10.4. The van der Waals surface area contributed by atoms with Gasteiger partial charge in [0.2, 0.25) is 5.91 Å². The second-order valence-corrected chi connectivity index (χ2v) is 8.71. The number of halogens is 3. The number of carbonyl (C=O) groups is 2. The molecule has 0 fully saturated rings. The molecule has 2 aromatic heterocycles. The molecule has 0 spiro atoms. The quantitative estimate of drug-likeness (QED) is 0.552. The Kier molecular flexibility index (Phi) is 7.87. The SMILES string of the molecule is CC(C)N1c2sc(-c3ccccc3)nc2CC1C(=O)NCc1ccncc1.O=C(O)C(F)(F)F. The summed E-state index contributed by atoms with van der Waals surface area (Å²) in [6, 6.07) is 14.1. The molecule has 2 N–H and O–H groups in total. The van der Waals surface area contributed by atoms with E-state index in [9.17, 15) is 18.0 Å². The summed E-state index contributed by atoms with van der Waals surface area (Å²) in [5.41, 5.74) is 3.20. The lowest BCUT2D eigenvalue weighted by atomic mass is 10.1. The predicted octanol–water partition coefficient (Wildman–Crippen LogP) is 4.29. The fourth-order valence-electron chi connectivity index (χ4n) is 3.43. The third-order valence-corrected chi connectivity index (χ3v) is 6.13. The van der Waals surface area contributed by atoms with Crippen molar-refractivity contribution in [3.8, 4) is 10.6 Å². The molecule has 0 bridgehead atoms. The summed E-state index contributed by atoms with van der Waals surface area (Å²) < 4.78 is 31.7. The van der Waals surface area contributed by atoms with Crippen LogP contribution in [0, 0.1) is 0 Å². The Balaban J connectivity index is 0.000000406. The van der Waals surface area contributed by atoms with Crippen LogP contribution in [0.15, 0.2) is 54.9 Å². The summed E-state index contributed by atoms with van der Waals surface area (Å²) >= 11 is 1.67. The summed E-state index contributed by atoms with van der Waals surface area (Å²) in [7, 11) is 0. The van der Waals surface area contributed by atoms with Gasteiger partial charge in [-0.1, -0.05) is 41.7 Å². The van der Waals surface area contributed by atoms with E-state index in [1.165, 1.54) is 0 Å². The number of hydrogen-bond acceptors (Lipinski definition) is 6. The van der Waals surface area contributed by atoms with Crippen molar-refractivity contribution in [3.05, 3.63) is 66.1 Å². The highest BCUT2D eigenvalue weighted by Crippen LogP contribution is 2.42. The molecule has 1 unspecified atom stereocenters. The Morgan fingerprint density at radius 3 is 2.35 bits per heavy atom. The standard InChI is InChI=1S/C21H22N4OS.C2HF3O2/c1-14(2)25-18(19(26)23-13-15-8-10-22-11-9-15)12-17-21(25)27-20(24-17)16-6-4-3-5-7-16;3-2(4,5)1(6)7/h3-11,14,18H,12-13H2,1-2H3,(H,23,26);(H,6,7). The molecule has 0 radical (unpaired) electrons. The van der Waals surface area contributed by atoms with Crippen molar-refractivity contribution in [2.45, 2.75) is 45.1 Å². The van der Waals surface area contributed by atoms with Crippen LogP contribution in [0.1, 0.15) is 25.1 Å². The van der Waals surface area contributed by atoms with E-state index in [1.54, 1.807) is 23.7 Å². The van der Waals surface area contributed by atoms with E-state index in [1.807, 2.05) is 30.3 Å². The largest absolute Gasteiger partial charge is 0.490 e. The van der Waals surface area contributed by atoms with Gasteiger partial charge in [-0.3, -0.25) is 9.78 Å². The van der Waals surface area contributed by atoms with Gasteiger partial charge >= 0.3 is 12.1 Å². The van der Waals surface area contributed by atoms with Crippen LogP contribution in [0.3, 0.4) is 0 Å². The molecule has 7 nitrogen and oxygen atoms in total. The average molecular weight is 493 g/mol. The van der Waals surface area contributed by atoms with E-state index < -0.39 is 12.1 Å². The van der Waals surface area contributed by atoms with Gasteiger partial charge in [0.1, 0.15) is 16.1 Å². The second-order valence-electron chi connectivity index (χ2n) is 7.73. The van der Waals surface area contributed by atoms with E-state index >= 15 is 0 Å². The number of pyridine rings is 1. The number of rotatable bonds is 5. The summed E-state index contributed by atoms with van der Waals surface area (Å²) in [5, 5.41) is 12.3. The predicted molar refractivity (Wildman–Crippen MR) is 122 cm³/mol. The van der Waals surface area contributed by atoms with Gasteiger partial charge in [-0.05, 0) is 31.5 Å². The zero-order valence-electron chi connectivity index (χ0n) is 18.4. The van der Waals surface area contributed by atoms with E-state index in [4.69, 9.17) is 14.9 Å². The Bertz CT molecular complexity index is 1120. The number of benzene rings is 1. The fourth-order valence-corrected chi connectivity index (χ4v) is 4.71. The highest BCUT2D eigenvalue weighted by molar-refractivity contribution is 7.19. The number of carbonyl (C=O) groups excluding carboxylic acids is 1. The molecule has 34 heavy (non-hydrogen) atoms. The maximum Gasteiger partial charge on any atom is 0.490 e. The van der Waals surface area contributed by atoms with Crippen molar-refractivity contribution in [3.63, 3.8) is 0 Å². The van der Waals surface area contributed by atoms with Gasteiger partial charge in [0.05, 0.1) is 5.69 Å². The number of amides is 1.